The molecule has 0 bridgehead atoms. The molecule has 0 atom stereocenters. The summed E-state index contributed by atoms with van der Waals surface area (Å²) in [7, 11) is 2.04. The van der Waals surface area contributed by atoms with Gasteiger partial charge in [-0.2, -0.15) is 13.2 Å². The number of aromatic nitrogens is 3. The second-order valence-corrected chi connectivity index (χ2v) is 9.70. The van der Waals surface area contributed by atoms with Gasteiger partial charge in [-0.3, -0.25) is 14.7 Å². The molecule has 2 aliphatic rings. The largest absolute Gasteiger partial charge is 0.416 e. The maximum absolute atomic E-state index is 13.9. The zero-order valence-electron chi connectivity index (χ0n) is 20.0. The van der Waals surface area contributed by atoms with E-state index < -0.39 is 17.6 Å². The molecule has 190 valence electrons. The summed E-state index contributed by atoms with van der Waals surface area (Å²) in [5, 5.41) is 10.1. The van der Waals surface area contributed by atoms with Crippen molar-refractivity contribution in [3.05, 3.63) is 76.7 Å². The average Bonchev–Trinajstić information content (AvgIpc) is 2.82. The van der Waals surface area contributed by atoms with Crippen molar-refractivity contribution in [2.45, 2.75) is 12.7 Å². The van der Waals surface area contributed by atoms with E-state index >= 15 is 0 Å². The molecular formula is C26H24F3N7O. The summed E-state index contributed by atoms with van der Waals surface area (Å²) in [6.07, 6.45) is -1.76. The second kappa shape index (κ2) is 9.46. The van der Waals surface area contributed by atoms with Crippen molar-refractivity contribution in [3.63, 3.8) is 0 Å². The SMILES string of the molecule is CN1CC2(C1)CN(Cc1ccc(NC(=O)c3cncc(C#Cc4ccc(N)nn4)c3)cc1C(F)(F)F)C2. The molecular weight excluding hydrogens is 483 g/mol. The number of hydrogen-bond donors (Lipinski definition) is 2. The smallest absolute Gasteiger partial charge is 0.382 e. The number of likely N-dealkylation sites (tertiary alicyclic amines) is 2. The summed E-state index contributed by atoms with van der Waals surface area (Å²) in [4.78, 5) is 21.0. The van der Waals surface area contributed by atoms with Crippen molar-refractivity contribution >= 4 is 17.4 Å². The van der Waals surface area contributed by atoms with Gasteiger partial charge < -0.3 is 16.0 Å². The minimum absolute atomic E-state index is 0.0513. The molecule has 5 rings (SSSR count). The van der Waals surface area contributed by atoms with E-state index in [0.717, 1.165) is 32.2 Å². The number of carbonyl (C=O) groups excluding carboxylic acids is 1. The average molecular weight is 508 g/mol. The lowest BCUT2D eigenvalue weighted by Gasteiger charge is -2.59. The number of rotatable bonds is 4. The fourth-order valence-corrected chi connectivity index (χ4v) is 4.99. The lowest BCUT2D eigenvalue weighted by Crippen LogP contribution is -2.70. The van der Waals surface area contributed by atoms with Gasteiger partial charge in [0.15, 0.2) is 0 Å². The fourth-order valence-electron chi connectivity index (χ4n) is 4.99. The number of nitrogen functional groups attached to an aromatic ring is 1. The van der Waals surface area contributed by atoms with Gasteiger partial charge >= 0.3 is 6.18 Å². The van der Waals surface area contributed by atoms with Gasteiger partial charge in [0.25, 0.3) is 5.91 Å². The predicted molar refractivity (Wildman–Crippen MR) is 131 cm³/mol. The molecule has 8 nitrogen and oxygen atoms in total. The van der Waals surface area contributed by atoms with Crippen LogP contribution in [-0.2, 0) is 12.7 Å². The molecule has 2 aromatic heterocycles. The highest BCUT2D eigenvalue weighted by atomic mass is 19.4. The van der Waals surface area contributed by atoms with Crippen LogP contribution in [-0.4, -0.2) is 64.1 Å². The van der Waals surface area contributed by atoms with E-state index in [1.807, 2.05) is 11.9 Å². The summed E-state index contributed by atoms with van der Waals surface area (Å²) in [5.41, 5.74) is 6.20. The first-order chi connectivity index (χ1) is 17.6. The molecule has 0 saturated carbocycles. The Labute approximate surface area is 211 Å². The number of amides is 1. The maximum atomic E-state index is 13.9. The van der Waals surface area contributed by atoms with Crippen LogP contribution in [0.15, 0.2) is 48.8 Å². The van der Waals surface area contributed by atoms with Crippen LogP contribution in [0, 0.1) is 17.3 Å². The highest BCUT2D eigenvalue weighted by Gasteiger charge is 2.50. The number of alkyl halides is 3. The molecule has 3 aromatic rings. The Hall–Kier alpha value is -4.01. The molecule has 37 heavy (non-hydrogen) atoms. The van der Waals surface area contributed by atoms with Crippen LogP contribution >= 0.6 is 0 Å². The lowest BCUT2D eigenvalue weighted by molar-refractivity contribution is -0.139. The summed E-state index contributed by atoms with van der Waals surface area (Å²) in [6, 6.07) is 8.57. The molecule has 4 heterocycles. The highest BCUT2D eigenvalue weighted by molar-refractivity contribution is 6.04. The van der Waals surface area contributed by atoms with Gasteiger partial charge in [0.2, 0.25) is 0 Å². The molecule has 0 aliphatic carbocycles. The second-order valence-electron chi connectivity index (χ2n) is 9.70. The van der Waals surface area contributed by atoms with Crippen LogP contribution in [0.3, 0.4) is 0 Å². The summed E-state index contributed by atoms with van der Waals surface area (Å²) < 4.78 is 41.6. The van der Waals surface area contributed by atoms with E-state index in [4.69, 9.17) is 5.73 Å². The van der Waals surface area contributed by atoms with Crippen LogP contribution in [0.2, 0.25) is 0 Å². The fraction of sp³-hybridized carbons (Fsp3) is 0.308. The molecule has 2 aliphatic heterocycles. The van der Waals surface area contributed by atoms with E-state index in [2.05, 4.69) is 37.2 Å². The van der Waals surface area contributed by atoms with Crippen LogP contribution < -0.4 is 11.1 Å². The first-order valence-corrected chi connectivity index (χ1v) is 11.6. The third-order valence-corrected chi connectivity index (χ3v) is 6.42. The molecule has 2 fully saturated rings. The van der Waals surface area contributed by atoms with Gasteiger partial charge in [-0.1, -0.05) is 12.0 Å². The zero-order valence-corrected chi connectivity index (χ0v) is 20.0. The van der Waals surface area contributed by atoms with Crippen molar-refractivity contribution in [2.75, 3.05) is 44.3 Å². The number of halogens is 3. The van der Waals surface area contributed by atoms with Crippen molar-refractivity contribution in [2.24, 2.45) is 5.41 Å². The number of benzene rings is 1. The maximum Gasteiger partial charge on any atom is 0.416 e. The third-order valence-electron chi connectivity index (χ3n) is 6.42. The first kappa shape index (κ1) is 24.7. The lowest BCUT2D eigenvalue weighted by atomic mass is 9.73. The Morgan fingerprint density at radius 2 is 1.86 bits per heavy atom. The number of pyridine rings is 1. The van der Waals surface area contributed by atoms with Crippen molar-refractivity contribution in [1.82, 2.24) is 25.0 Å². The third kappa shape index (κ3) is 5.55. The minimum atomic E-state index is -4.54. The molecule has 2 saturated heterocycles. The van der Waals surface area contributed by atoms with E-state index in [0.29, 0.717) is 11.3 Å². The molecule has 3 N–H and O–H groups in total. The monoisotopic (exact) mass is 507 g/mol. The number of hydrogen-bond acceptors (Lipinski definition) is 7. The summed E-state index contributed by atoms with van der Waals surface area (Å²) in [5.74, 6) is 5.29. The highest BCUT2D eigenvalue weighted by Crippen LogP contribution is 2.41. The van der Waals surface area contributed by atoms with Crippen molar-refractivity contribution in [1.29, 1.82) is 0 Å². The van der Waals surface area contributed by atoms with Crippen LogP contribution in [0.5, 0.6) is 0 Å². The predicted octanol–water partition coefficient (Wildman–Crippen LogP) is 2.87. The van der Waals surface area contributed by atoms with Crippen LogP contribution in [0.1, 0.15) is 32.7 Å². The van der Waals surface area contributed by atoms with Crippen molar-refractivity contribution < 1.29 is 18.0 Å². The normalized spacial score (nSPS) is 16.9. The van der Waals surface area contributed by atoms with Gasteiger partial charge in [0.05, 0.1) is 11.1 Å². The number of nitrogens with zero attached hydrogens (tertiary/aromatic N) is 5. The standard InChI is InChI=1S/C26H24F3N7O/c1-35-13-25(14-35)15-36(16-25)12-18-3-5-21(9-22(18)26(27,28)29)32-24(37)19-8-17(10-31-11-19)2-4-20-6-7-23(30)34-33-20/h3,5-11H,12-16H2,1H3,(H2,30,34)(H,32,37). The Morgan fingerprint density at radius 3 is 2.54 bits per heavy atom. The summed E-state index contributed by atoms with van der Waals surface area (Å²) in [6.45, 7) is 3.78. The van der Waals surface area contributed by atoms with Gasteiger partial charge in [-0.05, 0) is 48.9 Å². The molecule has 0 unspecified atom stereocenters. The number of carbonyl (C=O) groups is 1. The number of anilines is 2. The number of nitrogens with two attached hydrogens (primary N) is 1. The Kier molecular flexibility index (Phi) is 6.31. The molecule has 1 amide bonds. The van der Waals surface area contributed by atoms with Gasteiger partial charge in [0, 0.05) is 61.8 Å². The quantitative estimate of drug-likeness (QED) is 0.524. The van der Waals surface area contributed by atoms with Crippen LogP contribution in [0.25, 0.3) is 0 Å². The molecule has 0 radical (unpaired) electrons. The Balaban J connectivity index is 1.28. The first-order valence-electron chi connectivity index (χ1n) is 11.6. The van der Waals surface area contributed by atoms with E-state index in [1.165, 1.54) is 30.6 Å². The van der Waals surface area contributed by atoms with Crippen LogP contribution in [0.4, 0.5) is 24.7 Å². The number of nitrogens with one attached hydrogen (secondary N) is 1. The topological polar surface area (TPSA) is 100 Å². The molecule has 1 spiro atoms. The summed E-state index contributed by atoms with van der Waals surface area (Å²) >= 11 is 0. The van der Waals surface area contributed by atoms with Gasteiger partial charge in [-0.25, -0.2) is 0 Å². The van der Waals surface area contributed by atoms with Gasteiger partial charge in [0.1, 0.15) is 11.5 Å². The van der Waals surface area contributed by atoms with E-state index in [-0.39, 0.29) is 34.6 Å². The van der Waals surface area contributed by atoms with E-state index in [1.54, 1.807) is 12.1 Å². The Morgan fingerprint density at radius 1 is 1.08 bits per heavy atom. The van der Waals surface area contributed by atoms with Gasteiger partial charge in [-0.15, -0.1) is 10.2 Å². The van der Waals surface area contributed by atoms with E-state index in [9.17, 15) is 18.0 Å². The molecule has 11 heteroatoms. The minimum Gasteiger partial charge on any atom is -0.382 e. The molecule has 1 aromatic carbocycles. The Bertz CT molecular complexity index is 1380. The van der Waals surface area contributed by atoms with Crippen molar-refractivity contribution in [3.8, 4) is 11.8 Å². The zero-order chi connectivity index (χ0) is 26.2.